The standard InChI is InChI=1S/C24H30N2O7S/c1-4-32-24(29)22-16(2)21(17(3)25-22)20(27)15-33-23(28)18-10-9-11-19(14-18)34(30,31)26-12-7-5-6-8-13-26/h9-11,14,25H,4-8,12-13,15H2,1-3H3. The van der Waals surface area contributed by atoms with Crippen LogP contribution in [0.1, 0.15) is 75.1 Å². The van der Waals surface area contributed by atoms with Gasteiger partial charge in [0.15, 0.2) is 6.61 Å². The van der Waals surface area contributed by atoms with E-state index in [1.54, 1.807) is 20.8 Å². The van der Waals surface area contributed by atoms with E-state index in [2.05, 4.69) is 4.98 Å². The summed E-state index contributed by atoms with van der Waals surface area (Å²) in [4.78, 5) is 40.2. The van der Waals surface area contributed by atoms with Crippen LogP contribution in [0.25, 0.3) is 0 Å². The number of ether oxygens (including phenoxy) is 2. The average Bonchev–Trinajstić information content (AvgIpc) is 2.99. The third-order valence-electron chi connectivity index (χ3n) is 5.80. The summed E-state index contributed by atoms with van der Waals surface area (Å²) in [7, 11) is -3.73. The smallest absolute Gasteiger partial charge is 0.355 e. The number of Topliss-reactive ketones (excluding diaryl/α,β-unsaturated/α-hetero) is 1. The number of aromatic amines is 1. The third-order valence-corrected chi connectivity index (χ3v) is 7.70. The Hall–Kier alpha value is -2.98. The topological polar surface area (TPSA) is 123 Å². The first kappa shape index (κ1) is 25.6. The largest absolute Gasteiger partial charge is 0.461 e. The molecule has 0 amide bonds. The zero-order valence-corrected chi connectivity index (χ0v) is 20.5. The molecule has 1 saturated heterocycles. The lowest BCUT2D eigenvalue weighted by Gasteiger charge is -2.20. The number of aryl methyl sites for hydroxylation is 1. The number of sulfonamides is 1. The number of nitrogens with one attached hydrogen (secondary N) is 1. The van der Waals surface area contributed by atoms with Crippen LogP contribution in [0.4, 0.5) is 0 Å². The molecule has 0 spiro atoms. The van der Waals surface area contributed by atoms with Crippen LogP contribution in [0.3, 0.4) is 0 Å². The third kappa shape index (κ3) is 5.56. The second kappa shape index (κ2) is 11.0. The number of nitrogens with zero attached hydrogens (tertiary/aromatic N) is 1. The molecular weight excluding hydrogens is 460 g/mol. The molecule has 0 atom stereocenters. The van der Waals surface area contributed by atoms with E-state index < -0.39 is 34.4 Å². The minimum atomic E-state index is -3.73. The fourth-order valence-corrected chi connectivity index (χ4v) is 5.64. The highest BCUT2D eigenvalue weighted by Gasteiger charge is 2.27. The van der Waals surface area contributed by atoms with E-state index in [-0.39, 0.29) is 28.3 Å². The van der Waals surface area contributed by atoms with Crippen molar-refractivity contribution in [3.05, 3.63) is 52.3 Å². The first-order valence-corrected chi connectivity index (χ1v) is 12.8. The second-order valence-electron chi connectivity index (χ2n) is 8.19. The maximum atomic E-state index is 13.0. The van der Waals surface area contributed by atoms with Crippen LogP contribution in [-0.2, 0) is 19.5 Å². The van der Waals surface area contributed by atoms with Crippen molar-refractivity contribution in [2.45, 2.75) is 51.3 Å². The molecule has 3 rings (SSSR count). The van der Waals surface area contributed by atoms with Gasteiger partial charge in [-0.1, -0.05) is 18.9 Å². The van der Waals surface area contributed by atoms with E-state index in [0.29, 0.717) is 24.3 Å². The van der Waals surface area contributed by atoms with Crippen molar-refractivity contribution in [3.63, 3.8) is 0 Å². The van der Waals surface area contributed by atoms with Crippen molar-refractivity contribution in [2.75, 3.05) is 26.3 Å². The predicted octanol–water partition coefficient (Wildman–Crippen LogP) is 3.41. The number of aromatic nitrogens is 1. The summed E-state index contributed by atoms with van der Waals surface area (Å²) in [6, 6.07) is 5.65. The van der Waals surface area contributed by atoms with Crippen LogP contribution in [0.15, 0.2) is 29.2 Å². The molecule has 0 unspecified atom stereocenters. The Kier molecular flexibility index (Phi) is 8.27. The van der Waals surface area contributed by atoms with Gasteiger partial charge in [-0.05, 0) is 57.4 Å². The van der Waals surface area contributed by atoms with Crippen molar-refractivity contribution in [1.82, 2.24) is 9.29 Å². The molecule has 34 heavy (non-hydrogen) atoms. The molecule has 1 aliphatic rings. The Morgan fingerprint density at radius 1 is 1.00 bits per heavy atom. The monoisotopic (exact) mass is 490 g/mol. The van der Waals surface area contributed by atoms with E-state index in [0.717, 1.165) is 25.7 Å². The summed E-state index contributed by atoms with van der Waals surface area (Å²) < 4.78 is 37.7. The molecule has 0 radical (unpaired) electrons. The van der Waals surface area contributed by atoms with E-state index in [1.165, 1.54) is 28.6 Å². The highest BCUT2D eigenvalue weighted by Crippen LogP contribution is 2.22. The van der Waals surface area contributed by atoms with Crippen molar-refractivity contribution in [2.24, 2.45) is 0 Å². The van der Waals surface area contributed by atoms with E-state index in [4.69, 9.17) is 9.47 Å². The zero-order chi connectivity index (χ0) is 24.9. The highest BCUT2D eigenvalue weighted by atomic mass is 32.2. The molecule has 1 fully saturated rings. The molecule has 9 nitrogen and oxygen atoms in total. The maximum absolute atomic E-state index is 13.0. The zero-order valence-electron chi connectivity index (χ0n) is 19.7. The summed E-state index contributed by atoms with van der Waals surface area (Å²) >= 11 is 0. The molecule has 1 N–H and O–H groups in total. The lowest BCUT2D eigenvalue weighted by Crippen LogP contribution is -2.32. The number of carbonyl (C=O) groups excluding carboxylic acids is 3. The number of carbonyl (C=O) groups is 3. The minimum absolute atomic E-state index is 0.0200. The van der Waals surface area contributed by atoms with Gasteiger partial charge in [0.05, 0.1) is 17.1 Å². The van der Waals surface area contributed by atoms with Crippen LogP contribution < -0.4 is 0 Å². The molecule has 184 valence electrons. The Balaban J connectivity index is 1.71. The Morgan fingerprint density at radius 2 is 1.68 bits per heavy atom. The van der Waals surface area contributed by atoms with Gasteiger partial charge in [-0.2, -0.15) is 4.31 Å². The number of ketones is 1. The van der Waals surface area contributed by atoms with Gasteiger partial charge in [0.1, 0.15) is 5.69 Å². The molecule has 0 saturated carbocycles. The first-order chi connectivity index (χ1) is 16.2. The van der Waals surface area contributed by atoms with Crippen LogP contribution in [0, 0.1) is 13.8 Å². The van der Waals surface area contributed by atoms with Gasteiger partial charge in [0.2, 0.25) is 15.8 Å². The number of rotatable bonds is 8. The molecule has 2 heterocycles. The first-order valence-electron chi connectivity index (χ1n) is 11.3. The van der Waals surface area contributed by atoms with Crippen LogP contribution in [-0.4, -0.2) is 61.7 Å². The highest BCUT2D eigenvalue weighted by molar-refractivity contribution is 7.89. The van der Waals surface area contributed by atoms with Crippen LogP contribution in [0.2, 0.25) is 0 Å². The molecule has 10 heteroatoms. The van der Waals surface area contributed by atoms with Crippen molar-refractivity contribution >= 4 is 27.7 Å². The predicted molar refractivity (Wildman–Crippen MR) is 125 cm³/mol. The number of hydrogen-bond donors (Lipinski definition) is 1. The lowest BCUT2D eigenvalue weighted by molar-refractivity contribution is 0.0472. The number of hydrogen-bond acceptors (Lipinski definition) is 7. The van der Waals surface area contributed by atoms with Gasteiger partial charge >= 0.3 is 11.9 Å². The minimum Gasteiger partial charge on any atom is -0.461 e. The summed E-state index contributed by atoms with van der Waals surface area (Å²) in [5, 5.41) is 0. The van der Waals surface area contributed by atoms with Crippen LogP contribution >= 0.6 is 0 Å². The lowest BCUT2D eigenvalue weighted by atomic mass is 10.1. The molecule has 2 aromatic rings. The van der Waals surface area contributed by atoms with Gasteiger partial charge in [-0.25, -0.2) is 18.0 Å². The molecule has 0 bridgehead atoms. The Labute approximate surface area is 199 Å². The molecule has 1 aliphatic heterocycles. The van der Waals surface area contributed by atoms with Gasteiger partial charge in [0, 0.05) is 24.3 Å². The molecular formula is C24H30N2O7S. The van der Waals surface area contributed by atoms with Gasteiger partial charge < -0.3 is 14.5 Å². The van der Waals surface area contributed by atoms with Crippen molar-refractivity contribution in [3.8, 4) is 0 Å². The van der Waals surface area contributed by atoms with Gasteiger partial charge in [0.25, 0.3) is 0 Å². The van der Waals surface area contributed by atoms with E-state index in [9.17, 15) is 22.8 Å². The second-order valence-corrected chi connectivity index (χ2v) is 10.1. The molecule has 1 aromatic carbocycles. The quantitative estimate of drug-likeness (QED) is 0.444. The molecule has 0 aliphatic carbocycles. The summed E-state index contributed by atoms with van der Waals surface area (Å²) in [6.45, 7) is 5.49. The number of H-pyrrole nitrogens is 1. The van der Waals surface area contributed by atoms with Gasteiger partial charge in [-0.3, -0.25) is 4.79 Å². The van der Waals surface area contributed by atoms with Crippen molar-refractivity contribution < 1.29 is 32.3 Å². The fourth-order valence-electron chi connectivity index (χ4n) is 4.08. The number of benzene rings is 1. The van der Waals surface area contributed by atoms with Gasteiger partial charge in [-0.15, -0.1) is 0 Å². The van der Waals surface area contributed by atoms with Crippen molar-refractivity contribution in [1.29, 1.82) is 0 Å². The number of esters is 2. The summed E-state index contributed by atoms with van der Waals surface area (Å²) in [5.74, 6) is -1.86. The van der Waals surface area contributed by atoms with E-state index in [1.807, 2.05) is 0 Å². The normalized spacial score (nSPS) is 14.9. The Morgan fingerprint density at radius 3 is 2.32 bits per heavy atom. The summed E-state index contributed by atoms with van der Waals surface area (Å²) in [6.07, 6.45) is 3.60. The molecule has 1 aromatic heterocycles. The maximum Gasteiger partial charge on any atom is 0.355 e. The van der Waals surface area contributed by atoms with Crippen LogP contribution in [0.5, 0.6) is 0 Å². The SMILES string of the molecule is CCOC(=O)c1[nH]c(C)c(C(=O)COC(=O)c2cccc(S(=O)(=O)N3CCCCCC3)c2)c1C. The average molecular weight is 491 g/mol. The van der Waals surface area contributed by atoms with E-state index >= 15 is 0 Å². The fraction of sp³-hybridized carbons (Fsp3) is 0.458. The Bertz CT molecular complexity index is 1180. The summed E-state index contributed by atoms with van der Waals surface area (Å²) in [5.41, 5.74) is 1.36.